The van der Waals surface area contributed by atoms with Crippen molar-refractivity contribution in [2.45, 2.75) is 66.2 Å². The number of carboxylic acid groups (broad SMARTS) is 1. The van der Waals surface area contributed by atoms with Crippen molar-refractivity contribution in [3.05, 3.63) is 99.7 Å². The van der Waals surface area contributed by atoms with E-state index in [-0.39, 0.29) is 23.3 Å². The van der Waals surface area contributed by atoms with Gasteiger partial charge in [-0.05, 0) is 86.2 Å². The van der Waals surface area contributed by atoms with Crippen molar-refractivity contribution < 1.29 is 19.4 Å². The highest BCUT2D eigenvalue weighted by Crippen LogP contribution is 2.29. The van der Waals surface area contributed by atoms with E-state index in [1.54, 1.807) is 12.1 Å². The van der Waals surface area contributed by atoms with Crippen molar-refractivity contribution in [3.63, 3.8) is 0 Å². The Labute approximate surface area is 235 Å². The number of carbonyl (C=O) groups is 2. The molecule has 0 saturated carbocycles. The van der Waals surface area contributed by atoms with Crippen molar-refractivity contribution >= 4 is 22.8 Å². The first-order chi connectivity index (χ1) is 19.0. The fourth-order valence-corrected chi connectivity index (χ4v) is 4.82. The van der Waals surface area contributed by atoms with Gasteiger partial charge in [-0.15, -0.1) is 0 Å². The molecule has 3 aromatic carbocycles. The smallest absolute Gasteiger partial charge is 0.344 e. The maximum atomic E-state index is 13.2. The number of nitriles is 1. The molecule has 4 aromatic rings. The van der Waals surface area contributed by atoms with E-state index in [0.717, 1.165) is 33.3 Å². The van der Waals surface area contributed by atoms with Gasteiger partial charge in [0.1, 0.15) is 11.8 Å². The number of aryl methyl sites for hydroxylation is 1. The Hall–Kier alpha value is -4.57. The number of nitrogens with one attached hydrogen (secondary N) is 1. The molecule has 1 amide bonds. The minimum absolute atomic E-state index is 0.129. The van der Waals surface area contributed by atoms with Gasteiger partial charge in [-0.25, -0.2) is 4.79 Å². The summed E-state index contributed by atoms with van der Waals surface area (Å²) in [6.45, 7) is 12.3. The molecule has 0 aliphatic rings. The standard InChI is InChI=1S/C33H35N3O4/c1-19(2)25-8-7-9-26(15-25)21(4)35-32(37)27-12-13-30-29(16-27)20(3)22(5)36(30)18-24-10-11-28(17-34)31(14-24)40-23(6)33(38)39/h7-16,19,21,23H,18H2,1-6H3,(H,35,37)(H,38,39)/t21-,23-/m0/s1. The molecule has 0 saturated heterocycles. The van der Waals surface area contributed by atoms with E-state index in [1.807, 2.05) is 57.2 Å². The summed E-state index contributed by atoms with van der Waals surface area (Å²) in [5, 5.41) is 22.8. The van der Waals surface area contributed by atoms with E-state index >= 15 is 0 Å². The lowest BCUT2D eigenvalue weighted by molar-refractivity contribution is -0.144. The van der Waals surface area contributed by atoms with Gasteiger partial charge in [0.05, 0.1) is 11.6 Å². The maximum absolute atomic E-state index is 13.2. The number of aliphatic carboxylic acids is 1. The maximum Gasteiger partial charge on any atom is 0.344 e. The number of aromatic nitrogens is 1. The fourth-order valence-electron chi connectivity index (χ4n) is 4.82. The fraction of sp³-hybridized carbons (Fsp3) is 0.303. The summed E-state index contributed by atoms with van der Waals surface area (Å²) in [6.07, 6.45) is -1.08. The second kappa shape index (κ2) is 11.7. The van der Waals surface area contributed by atoms with Gasteiger partial charge in [0.25, 0.3) is 5.91 Å². The van der Waals surface area contributed by atoms with E-state index in [1.165, 1.54) is 12.5 Å². The summed E-state index contributed by atoms with van der Waals surface area (Å²) in [5.41, 5.74) is 7.16. The second-order valence-electron chi connectivity index (χ2n) is 10.6. The van der Waals surface area contributed by atoms with Crippen LogP contribution in [0.15, 0.2) is 60.7 Å². The van der Waals surface area contributed by atoms with Gasteiger partial charge in [0.2, 0.25) is 0 Å². The van der Waals surface area contributed by atoms with Gasteiger partial charge >= 0.3 is 5.97 Å². The molecule has 0 fully saturated rings. The average Bonchev–Trinajstić information content (AvgIpc) is 3.17. The molecule has 1 heterocycles. The third-order valence-corrected chi connectivity index (χ3v) is 7.48. The number of amides is 1. The predicted octanol–water partition coefficient (Wildman–Crippen LogP) is 6.64. The number of fused-ring (bicyclic) bond motifs is 1. The van der Waals surface area contributed by atoms with Crippen LogP contribution in [0.1, 0.15) is 83.5 Å². The Morgan fingerprint density at radius 2 is 1.73 bits per heavy atom. The largest absolute Gasteiger partial charge is 0.479 e. The highest BCUT2D eigenvalue weighted by atomic mass is 16.5. The molecular formula is C33H35N3O4. The second-order valence-corrected chi connectivity index (χ2v) is 10.6. The number of hydrogen-bond donors (Lipinski definition) is 2. The normalized spacial score (nSPS) is 12.7. The Morgan fingerprint density at radius 3 is 2.40 bits per heavy atom. The monoisotopic (exact) mass is 537 g/mol. The van der Waals surface area contributed by atoms with Crippen LogP contribution in [0.5, 0.6) is 5.75 Å². The minimum atomic E-state index is -1.10. The third kappa shape index (κ3) is 5.86. The molecule has 0 aliphatic carbocycles. The lowest BCUT2D eigenvalue weighted by atomic mass is 9.98. The molecule has 0 radical (unpaired) electrons. The number of ether oxygens (including phenoxy) is 1. The number of carboxylic acids is 1. The lowest BCUT2D eigenvalue weighted by Gasteiger charge is -2.17. The van der Waals surface area contributed by atoms with Crippen LogP contribution in [-0.2, 0) is 11.3 Å². The lowest BCUT2D eigenvalue weighted by Crippen LogP contribution is -2.26. The van der Waals surface area contributed by atoms with Crippen LogP contribution >= 0.6 is 0 Å². The molecule has 206 valence electrons. The first-order valence-corrected chi connectivity index (χ1v) is 13.4. The number of hydrogen-bond acceptors (Lipinski definition) is 4. The number of nitrogens with zero attached hydrogens (tertiary/aromatic N) is 2. The molecule has 2 atom stereocenters. The number of carbonyl (C=O) groups excluding carboxylic acids is 1. The van der Waals surface area contributed by atoms with Gasteiger partial charge in [-0.3, -0.25) is 4.79 Å². The third-order valence-electron chi connectivity index (χ3n) is 7.48. The van der Waals surface area contributed by atoms with E-state index in [2.05, 4.69) is 41.9 Å². The Bertz CT molecular complexity index is 1630. The summed E-state index contributed by atoms with van der Waals surface area (Å²) in [5.74, 6) is -0.573. The highest BCUT2D eigenvalue weighted by Gasteiger charge is 2.18. The molecule has 0 unspecified atom stereocenters. The van der Waals surface area contributed by atoms with Crippen molar-refractivity contribution in [3.8, 4) is 11.8 Å². The summed E-state index contributed by atoms with van der Waals surface area (Å²) in [7, 11) is 0. The molecule has 4 rings (SSSR count). The SMILES string of the molecule is Cc1c(C)n(Cc2ccc(C#N)c(O[C@@H](C)C(=O)O)c2)c2ccc(C(=O)N[C@@H](C)c3cccc(C(C)C)c3)cc12. The molecule has 7 heteroatoms. The van der Waals surface area contributed by atoms with Crippen molar-refractivity contribution in [2.75, 3.05) is 0 Å². The average molecular weight is 538 g/mol. The minimum Gasteiger partial charge on any atom is -0.479 e. The number of benzene rings is 3. The van der Waals surface area contributed by atoms with Gasteiger partial charge in [-0.1, -0.05) is 44.2 Å². The molecular weight excluding hydrogens is 502 g/mol. The van der Waals surface area contributed by atoms with E-state index in [4.69, 9.17) is 4.74 Å². The van der Waals surface area contributed by atoms with Crippen LogP contribution in [0, 0.1) is 25.2 Å². The van der Waals surface area contributed by atoms with Gasteiger partial charge in [0.15, 0.2) is 6.10 Å². The molecule has 0 spiro atoms. The van der Waals surface area contributed by atoms with Gasteiger partial charge in [0, 0.05) is 28.7 Å². The van der Waals surface area contributed by atoms with Crippen LogP contribution in [0.4, 0.5) is 0 Å². The Kier molecular flexibility index (Phi) is 8.29. The highest BCUT2D eigenvalue weighted by molar-refractivity contribution is 5.99. The van der Waals surface area contributed by atoms with Crippen LogP contribution in [-0.4, -0.2) is 27.7 Å². The first kappa shape index (κ1) is 28.4. The molecule has 0 aliphatic heterocycles. The van der Waals surface area contributed by atoms with Crippen molar-refractivity contribution in [2.24, 2.45) is 0 Å². The summed E-state index contributed by atoms with van der Waals surface area (Å²) in [6, 6.07) is 21.2. The molecule has 0 bridgehead atoms. The van der Waals surface area contributed by atoms with Crippen molar-refractivity contribution in [1.29, 1.82) is 5.26 Å². The summed E-state index contributed by atoms with van der Waals surface area (Å²) < 4.78 is 7.70. The Balaban J connectivity index is 1.60. The zero-order valence-corrected chi connectivity index (χ0v) is 23.8. The molecule has 2 N–H and O–H groups in total. The summed E-state index contributed by atoms with van der Waals surface area (Å²) in [4.78, 5) is 24.5. The zero-order valence-electron chi connectivity index (χ0n) is 23.8. The van der Waals surface area contributed by atoms with Gasteiger partial charge in [-0.2, -0.15) is 5.26 Å². The van der Waals surface area contributed by atoms with Crippen LogP contribution in [0.2, 0.25) is 0 Å². The van der Waals surface area contributed by atoms with Gasteiger partial charge < -0.3 is 19.7 Å². The van der Waals surface area contributed by atoms with E-state index in [0.29, 0.717) is 18.0 Å². The zero-order chi connectivity index (χ0) is 29.1. The number of rotatable bonds is 9. The summed E-state index contributed by atoms with van der Waals surface area (Å²) >= 11 is 0. The Morgan fingerprint density at radius 1 is 1.00 bits per heavy atom. The van der Waals surface area contributed by atoms with Crippen molar-refractivity contribution in [1.82, 2.24) is 9.88 Å². The first-order valence-electron chi connectivity index (χ1n) is 13.4. The topological polar surface area (TPSA) is 104 Å². The molecule has 1 aromatic heterocycles. The van der Waals surface area contributed by atoms with E-state index < -0.39 is 12.1 Å². The van der Waals surface area contributed by atoms with Crippen LogP contribution < -0.4 is 10.1 Å². The molecule has 7 nitrogen and oxygen atoms in total. The van der Waals surface area contributed by atoms with Crippen LogP contribution in [0.3, 0.4) is 0 Å². The quantitative estimate of drug-likeness (QED) is 0.249. The van der Waals surface area contributed by atoms with E-state index in [9.17, 15) is 20.0 Å². The van der Waals surface area contributed by atoms with Crippen LogP contribution in [0.25, 0.3) is 10.9 Å². The predicted molar refractivity (Wildman–Crippen MR) is 156 cm³/mol. The molecule has 40 heavy (non-hydrogen) atoms.